The van der Waals surface area contributed by atoms with E-state index in [1.54, 1.807) is 11.3 Å². The number of hydrogen-bond donors (Lipinski definition) is 2. The van der Waals surface area contributed by atoms with Crippen LogP contribution in [0, 0.1) is 0 Å². The van der Waals surface area contributed by atoms with E-state index < -0.39 is 0 Å². The maximum atomic E-state index is 5.96. The van der Waals surface area contributed by atoms with E-state index in [1.807, 2.05) is 0 Å². The fourth-order valence-electron chi connectivity index (χ4n) is 2.43. The lowest BCUT2D eigenvalue weighted by molar-refractivity contribution is 0.530. The van der Waals surface area contributed by atoms with Gasteiger partial charge in [0.1, 0.15) is 0 Å². The van der Waals surface area contributed by atoms with Crippen LogP contribution in [0.3, 0.4) is 0 Å². The summed E-state index contributed by atoms with van der Waals surface area (Å²) in [6.45, 7) is 2.70. The Morgan fingerprint density at radius 1 is 1.42 bits per heavy atom. The first-order valence-electron chi connectivity index (χ1n) is 7.27. The van der Waals surface area contributed by atoms with Gasteiger partial charge in [-0.2, -0.15) is 0 Å². The monoisotopic (exact) mass is 280 g/mol. The predicted octanol–water partition coefficient (Wildman–Crippen LogP) is 2.83. The Bertz CT molecular complexity index is 405. The van der Waals surface area contributed by atoms with Crippen LogP contribution in [0.15, 0.2) is 10.4 Å². The summed E-state index contributed by atoms with van der Waals surface area (Å²) in [4.78, 5) is 8.88. The zero-order valence-electron chi connectivity index (χ0n) is 11.7. The fraction of sp³-hybridized carbons (Fsp3) is 0.714. The van der Waals surface area contributed by atoms with E-state index >= 15 is 0 Å². The van der Waals surface area contributed by atoms with Gasteiger partial charge in [0, 0.05) is 11.4 Å². The summed E-state index contributed by atoms with van der Waals surface area (Å²) in [5.74, 6) is 0.568. The lowest BCUT2D eigenvalue weighted by atomic mass is 10.1. The third-order valence-corrected chi connectivity index (χ3v) is 4.56. The molecule has 1 saturated carbocycles. The van der Waals surface area contributed by atoms with Gasteiger partial charge < -0.3 is 11.1 Å². The van der Waals surface area contributed by atoms with E-state index in [-0.39, 0.29) is 0 Å². The molecule has 0 atom stereocenters. The Morgan fingerprint density at radius 2 is 2.16 bits per heavy atom. The Labute approximate surface area is 119 Å². The molecule has 3 N–H and O–H groups in total. The molecule has 1 aromatic heterocycles. The number of guanidine groups is 1. The molecule has 1 aromatic rings. The van der Waals surface area contributed by atoms with Crippen molar-refractivity contribution in [2.45, 2.75) is 64.5 Å². The van der Waals surface area contributed by atoms with Gasteiger partial charge >= 0.3 is 0 Å². The Hall–Kier alpha value is -1.10. The molecule has 0 radical (unpaired) electrons. The summed E-state index contributed by atoms with van der Waals surface area (Å²) in [6, 6.07) is 0.507. The molecule has 0 spiro atoms. The average Bonchev–Trinajstić information content (AvgIpc) is 2.73. The van der Waals surface area contributed by atoms with Crippen molar-refractivity contribution in [2.75, 3.05) is 0 Å². The number of hydrogen-bond acceptors (Lipinski definition) is 3. The van der Waals surface area contributed by atoms with E-state index in [0.29, 0.717) is 18.5 Å². The molecular formula is C14H24N4S. The van der Waals surface area contributed by atoms with Crippen LogP contribution in [0.5, 0.6) is 0 Å². The van der Waals surface area contributed by atoms with Crippen LogP contribution in [-0.4, -0.2) is 17.0 Å². The number of nitrogens with one attached hydrogen (secondary N) is 1. The first-order chi connectivity index (χ1) is 9.28. The van der Waals surface area contributed by atoms with Crippen LogP contribution in [0.2, 0.25) is 0 Å². The van der Waals surface area contributed by atoms with E-state index in [4.69, 9.17) is 5.73 Å². The number of thiazole rings is 1. The molecule has 1 fully saturated rings. The molecule has 2 rings (SSSR count). The molecule has 106 valence electrons. The number of nitrogens with two attached hydrogens (primary N) is 1. The maximum absolute atomic E-state index is 5.96. The quantitative estimate of drug-likeness (QED) is 0.506. The predicted molar refractivity (Wildman–Crippen MR) is 81.4 cm³/mol. The van der Waals surface area contributed by atoms with Crippen molar-refractivity contribution in [1.82, 2.24) is 10.3 Å². The lowest BCUT2D eigenvalue weighted by Crippen LogP contribution is -2.39. The molecule has 0 unspecified atom stereocenters. The molecule has 19 heavy (non-hydrogen) atoms. The lowest BCUT2D eigenvalue weighted by Gasteiger charge is -2.16. The van der Waals surface area contributed by atoms with Crippen molar-refractivity contribution >= 4 is 17.3 Å². The van der Waals surface area contributed by atoms with Crippen molar-refractivity contribution in [1.29, 1.82) is 0 Å². The molecule has 1 heterocycles. The third-order valence-electron chi connectivity index (χ3n) is 3.52. The summed E-state index contributed by atoms with van der Waals surface area (Å²) >= 11 is 1.70. The van der Waals surface area contributed by atoms with Gasteiger partial charge in [0.15, 0.2) is 5.96 Å². The van der Waals surface area contributed by atoms with Crippen LogP contribution in [-0.2, 0) is 13.0 Å². The highest BCUT2D eigenvalue weighted by atomic mass is 32.1. The summed E-state index contributed by atoms with van der Waals surface area (Å²) in [5.41, 5.74) is 6.98. The normalized spacial score (nSPS) is 18.3. The van der Waals surface area contributed by atoms with Gasteiger partial charge in [-0.3, -0.25) is 0 Å². The highest BCUT2D eigenvalue weighted by Crippen LogP contribution is 2.17. The highest BCUT2D eigenvalue weighted by molar-refractivity contribution is 7.09. The minimum atomic E-state index is 0.507. The van der Waals surface area contributed by atoms with Crippen LogP contribution in [0.1, 0.15) is 56.2 Å². The van der Waals surface area contributed by atoms with Crippen molar-refractivity contribution < 1.29 is 0 Å². The summed E-state index contributed by atoms with van der Waals surface area (Å²) in [7, 11) is 0. The van der Waals surface area contributed by atoms with Crippen LogP contribution in [0.4, 0.5) is 0 Å². The van der Waals surface area contributed by atoms with Crippen molar-refractivity contribution in [2.24, 2.45) is 10.7 Å². The number of nitrogens with zero attached hydrogens (tertiary/aromatic N) is 2. The van der Waals surface area contributed by atoms with Gasteiger partial charge in [-0.1, -0.05) is 32.6 Å². The van der Waals surface area contributed by atoms with Gasteiger partial charge in [0.2, 0.25) is 0 Å². The average molecular weight is 280 g/mol. The van der Waals surface area contributed by atoms with Crippen molar-refractivity contribution in [3.05, 3.63) is 16.1 Å². The minimum Gasteiger partial charge on any atom is -0.370 e. The Kier molecular flexibility index (Phi) is 5.63. The van der Waals surface area contributed by atoms with Gasteiger partial charge in [-0.25, -0.2) is 9.98 Å². The molecule has 0 aliphatic heterocycles. The van der Waals surface area contributed by atoms with Gasteiger partial charge in [0.25, 0.3) is 0 Å². The summed E-state index contributed by atoms with van der Waals surface area (Å²) < 4.78 is 0. The number of aryl methyl sites for hydroxylation is 1. The second-order valence-electron chi connectivity index (χ2n) is 5.12. The van der Waals surface area contributed by atoms with Gasteiger partial charge in [-0.05, 0) is 19.3 Å². The van der Waals surface area contributed by atoms with E-state index in [0.717, 1.165) is 12.1 Å². The zero-order chi connectivity index (χ0) is 13.5. The minimum absolute atomic E-state index is 0.507. The zero-order valence-corrected chi connectivity index (χ0v) is 12.5. The second-order valence-corrected chi connectivity index (χ2v) is 6.06. The standard InChI is InChI=1S/C14H24N4S/c1-2-13-17-12(10-19-13)9-16-14(15)18-11-7-5-3-4-6-8-11/h10-11H,2-9H2,1H3,(H3,15,16,18). The molecule has 1 aliphatic carbocycles. The van der Waals surface area contributed by atoms with E-state index in [2.05, 4.69) is 27.6 Å². The Balaban J connectivity index is 1.81. The largest absolute Gasteiger partial charge is 0.370 e. The molecule has 0 saturated heterocycles. The van der Waals surface area contributed by atoms with E-state index in [1.165, 1.54) is 43.5 Å². The molecule has 5 heteroatoms. The first kappa shape index (κ1) is 14.3. The maximum Gasteiger partial charge on any atom is 0.189 e. The molecule has 0 aromatic carbocycles. The highest BCUT2D eigenvalue weighted by Gasteiger charge is 2.12. The van der Waals surface area contributed by atoms with Crippen LogP contribution >= 0.6 is 11.3 Å². The van der Waals surface area contributed by atoms with Crippen molar-refractivity contribution in [3.8, 4) is 0 Å². The summed E-state index contributed by atoms with van der Waals surface area (Å²) in [5, 5.41) is 6.59. The molecule has 4 nitrogen and oxygen atoms in total. The second kappa shape index (κ2) is 7.48. The van der Waals surface area contributed by atoms with Gasteiger partial charge in [-0.15, -0.1) is 11.3 Å². The molecule has 0 bridgehead atoms. The Morgan fingerprint density at radius 3 is 2.79 bits per heavy atom. The van der Waals surface area contributed by atoms with Crippen LogP contribution < -0.4 is 11.1 Å². The topological polar surface area (TPSA) is 63.3 Å². The van der Waals surface area contributed by atoms with E-state index in [9.17, 15) is 0 Å². The van der Waals surface area contributed by atoms with Crippen LogP contribution in [0.25, 0.3) is 0 Å². The third kappa shape index (κ3) is 4.82. The molecule has 1 aliphatic rings. The summed E-state index contributed by atoms with van der Waals surface area (Å²) in [6.07, 6.45) is 8.74. The number of rotatable bonds is 4. The number of aromatic nitrogens is 1. The fourth-order valence-corrected chi connectivity index (χ4v) is 3.16. The SMILES string of the molecule is CCc1nc(CN=C(N)NC2CCCCCC2)cs1. The van der Waals surface area contributed by atoms with Crippen molar-refractivity contribution in [3.63, 3.8) is 0 Å². The first-order valence-corrected chi connectivity index (χ1v) is 8.15. The molecule has 0 amide bonds. The van der Waals surface area contributed by atoms with Gasteiger partial charge in [0.05, 0.1) is 17.2 Å². The molecular weight excluding hydrogens is 256 g/mol. The smallest absolute Gasteiger partial charge is 0.189 e. The number of aliphatic imine (C=N–C) groups is 1.